The van der Waals surface area contributed by atoms with Gasteiger partial charge in [-0.15, -0.1) is 21.5 Å². The summed E-state index contributed by atoms with van der Waals surface area (Å²) in [4.78, 5) is 14.7. The van der Waals surface area contributed by atoms with Crippen molar-refractivity contribution in [1.29, 1.82) is 0 Å². The molecule has 0 atom stereocenters. The average molecular weight is 340 g/mol. The van der Waals surface area contributed by atoms with E-state index in [-0.39, 0.29) is 12.3 Å². The zero-order chi connectivity index (χ0) is 14.8. The molecular weight excluding hydrogens is 332 g/mol. The highest BCUT2D eigenvalue weighted by Gasteiger charge is 2.13. The van der Waals surface area contributed by atoms with Crippen molar-refractivity contribution in [1.82, 2.24) is 15.2 Å². The summed E-state index contributed by atoms with van der Waals surface area (Å²) in [5, 5.41) is 28.4. The average Bonchev–Trinajstić information content (AvgIpc) is 3.04. The molecule has 108 valence electrons. The monoisotopic (exact) mass is 340 g/mol. The van der Waals surface area contributed by atoms with E-state index in [0.29, 0.717) is 6.42 Å². The van der Waals surface area contributed by atoms with E-state index in [9.17, 15) is 10.1 Å². The molecule has 0 fully saturated rings. The molecule has 0 aliphatic rings. The van der Waals surface area contributed by atoms with Crippen LogP contribution in [0.25, 0.3) is 10.2 Å². The zero-order valence-corrected chi connectivity index (χ0v) is 12.9. The van der Waals surface area contributed by atoms with Gasteiger partial charge in [0.15, 0.2) is 8.68 Å². The van der Waals surface area contributed by atoms with Crippen LogP contribution in [0.4, 0.5) is 5.69 Å². The summed E-state index contributed by atoms with van der Waals surface area (Å²) in [6, 6.07) is 4.61. The van der Waals surface area contributed by atoms with Crippen LogP contribution in [0.2, 0.25) is 0 Å². The van der Waals surface area contributed by atoms with Gasteiger partial charge in [-0.25, -0.2) is 4.98 Å². The fourth-order valence-corrected chi connectivity index (χ4v) is 4.79. The zero-order valence-electron chi connectivity index (χ0n) is 10.4. The first-order valence-corrected chi connectivity index (χ1v) is 8.27. The molecule has 3 aromatic rings. The van der Waals surface area contributed by atoms with Gasteiger partial charge in [0.2, 0.25) is 0 Å². The second-order valence-corrected chi connectivity index (χ2v) is 7.51. The van der Waals surface area contributed by atoms with Gasteiger partial charge in [-0.2, -0.15) is 0 Å². The Morgan fingerprint density at radius 1 is 1.29 bits per heavy atom. The number of benzene rings is 1. The molecule has 0 aliphatic heterocycles. The van der Waals surface area contributed by atoms with E-state index in [0.717, 1.165) is 23.9 Å². The van der Waals surface area contributed by atoms with Crippen molar-refractivity contribution in [3.05, 3.63) is 33.3 Å². The first-order chi connectivity index (χ1) is 10.2. The summed E-state index contributed by atoms with van der Waals surface area (Å²) in [6.45, 7) is 0.0457. The van der Waals surface area contributed by atoms with E-state index in [2.05, 4.69) is 15.2 Å². The lowest BCUT2D eigenvalue weighted by Crippen LogP contribution is -1.88. The number of hydrogen-bond donors (Lipinski definition) is 1. The maximum Gasteiger partial charge on any atom is 0.270 e. The highest BCUT2D eigenvalue weighted by Crippen LogP contribution is 2.36. The van der Waals surface area contributed by atoms with E-state index in [1.165, 1.54) is 46.6 Å². The van der Waals surface area contributed by atoms with Gasteiger partial charge in [0.1, 0.15) is 5.01 Å². The van der Waals surface area contributed by atoms with Crippen LogP contribution in [-0.4, -0.2) is 31.8 Å². The predicted octanol–water partition coefficient (Wildman–Crippen LogP) is 2.74. The number of aromatic nitrogens is 3. The van der Waals surface area contributed by atoms with Gasteiger partial charge in [0.25, 0.3) is 5.69 Å². The van der Waals surface area contributed by atoms with Gasteiger partial charge in [-0.1, -0.05) is 11.3 Å². The van der Waals surface area contributed by atoms with Gasteiger partial charge >= 0.3 is 0 Å². The number of aliphatic hydroxyl groups excluding tert-OH is 1. The first kappa shape index (κ1) is 14.3. The third kappa shape index (κ3) is 3.18. The van der Waals surface area contributed by atoms with Crippen molar-refractivity contribution in [2.24, 2.45) is 0 Å². The smallest absolute Gasteiger partial charge is 0.270 e. The molecule has 2 aromatic heterocycles. The molecule has 0 aliphatic carbocycles. The first-order valence-electron chi connectivity index (χ1n) is 5.82. The maximum absolute atomic E-state index is 10.8. The topological polar surface area (TPSA) is 102 Å². The molecular formula is C11H8N4O3S3. The van der Waals surface area contributed by atoms with Crippen LogP contribution in [0, 0.1) is 10.1 Å². The molecule has 2 heterocycles. The summed E-state index contributed by atoms with van der Waals surface area (Å²) < 4.78 is 2.27. The summed E-state index contributed by atoms with van der Waals surface area (Å²) >= 11 is 4.17. The fourth-order valence-electron chi connectivity index (χ4n) is 1.60. The number of nitro groups is 1. The fraction of sp³-hybridized carbons (Fsp3) is 0.182. The molecule has 0 radical (unpaired) electrons. The number of non-ortho nitro benzene ring substituents is 1. The molecule has 0 unspecified atom stereocenters. The van der Waals surface area contributed by atoms with Crippen molar-refractivity contribution in [3.8, 4) is 0 Å². The number of thiazole rings is 1. The number of rotatable bonds is 5. The Morgan fingerprint density at radius 3 is 2.90 bits per heavy atom. The molecule has 21 heavy (non-hydrogen) atoms. The molecule has 1 N–H and O–H groups in total. The lowest BCUT2D eigenvalue weighted by molar-refractivity contribution is -0.384. The number of fused-ring (bicyclic) bond motifs is 1. The number of nitrogens with zero attached hydrogens (tertiary/aromatic N) is 4. The van der Waals surface area contributed by atoms with Crippen molar-refractivity contribution in [2.45, 2.75) is 15.1 Å². The van der Waals surface area contributed by atoms with Gasteiger partial charge in [0, 0.05) is 25.2 Å². The highest BCUT2D eigenvalue weighted by molar-refractivity contribution is 8.02. The van der Waals surface area contributed by atoms with E-state index in [1.54, 1.807) is 6.07 Å². The molecule has 0 spiro atoms. The van der Waals surface area contributed by atoms with Gasteiger partial charge in [-0.05, 0) is 17.8 Å². The Labute approximate surface area is 130 Å². The second-order valence-electron chi connectivity index (χ2n) is 3.93. The van der Waals surface area contributed by atoms with Crippen molar-refractivity contribution < 1.29 is 10.0 Å². The quantitative estimate of drug-likeness (QED) is 0.562. The van der Waals surface area contributed by atoms with Gasteiger partial charge in [0.05, 0.1) is 15.1 Å². The van der Waals surface area contributed by atoms with Crippen LogP contribution >= 0.6 is 34.4 Å². The molecule has 10 heteroatoms. The summed E-state index contributed by atoms with van der Waals surface area (Å²) in [5.41, 5.74) is 0.789. The third-order valence-electron chi connectivity index (χ3n) is 2.51. The number of nitro benzene ring substituents is 1. The molecule has 0 saturated heterocycles. The van der Waals surface area contributed by atoms with Crippen molar-refractivity contribution in [3.63, 3.8) is 0 Å². The van der Waals surface area contributed by atoms with Crippen LogP contribution in [-0.2, 0) is 6.42 Å². The summed E-state index contributed by atoms with van der Waals surface area (Å²) in [6.07, 6.45) is 0.490. The van der Waals surface area contributed by atoms with Crippen molar-refractivity contribution in [2.75, 3.05) is 6.61 Å². The standard InChI is InChI=1S/C11H8N4O3S3/c16-4-3-9-13-14-11(20-9)21-10-12-7-2-1-6(15(17)18)5-8(7)19-10/h1-2,5,16H,3-4H2. The van der Waals surface area contributed by atoms with Gasteiger partial charge < -0.3 is 5.11 Å². The molecule has 1 aromatic carbocycles. The SMILES string of the molecule is O=[N+]([O-])c1ccc2nc(Sc3nnc(CCO)s3)sc2c1. The minimum Gasteiger partial charge on any atom is -0.396 e. The Morgan fingerprint density at radius 2 is 2.14 bits per heavy atom. The van der Waals surface area contributed by atoms with Crippen LogP contribution in [0.3, 0.4) is 0 Å². The van der Waals surface area contributed by atoms with Crippen LogP contribution < -0.4 is 0 Å². The Bertz CT molecular complexity index is 801. The largest absolute Gasteiger partial charge is 0.396 e. The Balaban J connectivity index is 1.84. The minimum atomic E-state index is -0.419. The van der Waals surface area contributed by atoms with E-state index >= 15 is 0 Å². The normalized spacial score (nSPS) is 11.1. The van der Waals surface area contributed by atoms with Crippen LogP contribution in [0.5, 0.6) is 0 Å². The van der Waals surface area contributed by atoms with E-state index in [1.807, 2.05) is 0 Å². The summed E-state index contributed by atoms with van der Waals surface area (Å²) in [5.74, 6) is 0. The maximum atomic E-state index is 10.8. The van der Waals surface area contributed by atoms with Crippen molar-refractivity contribution >= 4 is 50.3 Å². The second kappa shape index (κ2) is 6.02. The highest BCUT2D eigenvalue weighted by atomic mass is 32.2. The third-order valence-corrected chi connectivity index (χ3v) is 5.62. The van der Waals surface area contributed by atoms with Crippen LogP contribution in [0.1, 0.15) is 5.01 Å². The molecule has 3 rings (SSSR count). The number of aliphatic hydroxyl groups is 1. The van der Waals surface area contributed by atoms with Crippen LogP contribution in [0.15, 0.2) is 26.9 Å². The molecule has 0 bridgehead atoms. The molecule has 7 nitrogen and oxygen atoms in total. The van der Waals surface area contributed by atoms with E-state index in [4.69, 9.17) is 5.11 Å². The van der Waals surface area contributed by atoms with E-state index < -0.39 is 4.92 Å². The molecule has 0 amide bonds. The summed E-state index contributed by atoms with van der Waals surface area (Å²) in [7, 11) is 0. The van der Waals surface area contributed by atoms with Gasteiger partial charge in [-0.3, -0.25) is 10.1 Å². The lowest BCUT2D eigenvalue weighted by atomic mass is 10.3. The minimum absolute atomic E-state index is 0.0457. The molecule has 0 saturated carbocycles. The Hall–Kier alpha value is -1.62. The Kier molecular flexibility index (Phi) is 4.10. The number of hydrogen-bond acceptors (Lipinski definition) is 9. The lowest BCUT2D eigenvalue weighted by Gasteiger charge is -1.88. The predicted molar refractivity (Wildman–Crippen MR) is 81.1 cm³/mol.